The summed E-state index contributed by atoms with van der Waals surface area (Å²) in [4.78, 5) is 13.0. The number of halogens is 2. The van der Waals surface area contributed by atoms with Crippen LogP contribution >= 0.6 is 0 Å². The van der Waals surface area contributed by atoms with Gasteiger partial charge >= 0.3 is 0 Å². The fourth-order valence-corrected chi connectivity index (χ4v) is 1.89. The van der Waals surface area contributed by atoms with Gasteiger partial charge in [-0.1, -0.05) is 30.3 Å². The summed E-state index contributed by atoms with van der Waals surface area (Å²) in [6.45, 7) is 0.957. The number of alkyl halides is 2. The maximum Gasteiger partial charge on any atom is 0.251 e. The van der Waals surface area contributed by atoms with Gasteiger partial charge in [-0.3, -0.25) is 9.69 Å². The molecule has 6 heteroatoms. The van der Waals surface area contributed by atoms with Crippen molar-refractivity contribution in [3.63, 3.8) is 0 Å². The Kier molecular flexibility index (Phi) is 7.11. The zero-order valence-corrected chi connectivity index (χ0v) is 11.4. The van der Waals surface area contributed by atoms with Crippen molar-refractivity contribution in [2.45, 2.75) is 19.4 Å². The van der Waals surface area contributed by atoms with Crippen LogP contribution in [0, 0.1) is 0 Å². The van der Waals surface area contributed by atoms with Crippen molar-refractivity contribution in [3.8, 4) is 0 Å². The average Bonchev–Trinajstić information content (AvgIpc) is 2.39. The SMILES string of the molecule is CC(NC(=O)CN(CCO)CC(F)F)c1ccccc1. The minimum absolute atomic E-state index is 0.0531. The maximum absolute atomic E-state index is 12.3. The Morgan fingerprint density at radius 3 is 2.55 bits per heavy atom. The molecular weight excluding hydrogens is 266 g/mol. The lowest BCUT2D eigenvalue weighted by atomic mass is 10.1. The van der Waals surface area contributed by atoms with E-state index in [1.807, 2.05) is 37.3 Å². The van der Waals surface area contributed by atoms with Gasteiger partial charge in [0.25, 0.3) is 6.43 Å². The number of rotatable bonds is 8. The number of aliphatic hydroxyl groups excluding tert-OH is 1. The van der Waals surface area contributed by atoms with Crippen LogP contribution in [0.4, 0.5) is 8.78 Å². The van der Waals surface area contributed by atoms with Gasteiger partial charge in [0.15, 0.2) is 0 Å². The lowest BCUT2D eigenvalue weighted by Gasteiger charge is -2.22. The number of benzene rings is 1. The average molecular weight is 286 g/mol. The number of hydrogen-bond donors (Lipinski definition) is 2. The number of aliphatic hydroxyl groups is 1. The molecule has 20 heavy (non-hydrogen) atoms. The van der Waals surface area contributed by atoms with Crippen LogP contribution in [0.15, 0.2) is 30.3 Å². The minimum Gasteiger partial charge on any atom is -0.395 e. The molecule has 1 amide bonds. The molecule has 0 aliphatic rings. The van der Waals surface area contributed by atoms with Crippen LogP contribution in [0.3, 0.4) is 0 Å². The Morgan fingerprint density at radius 2 is 2.00 bits per heavy atom. The van der Waals surface area contributed by atoms with E-state index in [-0.39, 0.29) is 31.6 Å². The molecule has 1 atom stereocenters. The van der Waals surface area contributed by atoms with Gasteiger partial charge < -0.3 is 10.4 Å². The first-order valence-corrected chi connectivity index (χ1v) is 6.48. The first kappa shape index (κ1) is 16.5. The van der Waals surface area contributed by atoms with Crippen LogP contribution in [0.25, 0.3) is 0 Å². The Balaban J connectivity index is 2.48. The molecule has 4 nitrogen and oxygen atoms in total. The summed E-state index contributed by atoms with van der Waals surface area (Å²) in [5.41, 5.74) is 0.948. The molecule has 0 heterocycles. The summed E-state index contributed by atoms with van der Waals surface area (Å²) >= 11 is 0. The summed E-state index contributed by atoms with van der Waals surface area (Å²) in [5, 5.41) is 11.6. The van der Waals surface area contributed by atoms with Crippen molar-refractivity contribution in [2.75, 3.05) is 26.2 Å². The molecule has 0 saturated carbocycles. The van der Waals surface area contributed by atoms with Crippen molar-refractivity contribution in [2.24, 2.45) is 0 Å². The molecule has 1 aromatic rings. The van der Waals surface area contributed by atoms with Crippen LogP contribution < -0.4 is 5.32 Å². The summed E-state index contributed by atoms with van der Waals surface area (Å²) in [6.07, 6.45) is -2.53. The molecule has 1 unspecified atom stereocenters. The summed E-state index contributed by atoms with van der Waals surface area (Å²) in [6, 6.07) is 9.19. The number of nitrogens with zero attached hydrogens (tertiary/aromatic N) is 1. The molecular formula is C14H20F2N2O2. The van der Waals surface area contributed by atoms with E-state index in [1.54, 1.807) is 0 Å². The molecule has 112 valence electrons. The Morgan fingerprint density at radius 1 is 1.35 bits per heavy atom. The number of amides is 1. The van der Waals surface area contributed by atoms with Crippen molar-refractivity contribution in [1.82, 2.24) is 10.2 Å². The third-order valence-corrected chi connectivity index (χ3v) is 2.86. The highest BCUT2D eigenvalue weighted by molar-refractivity contribution is 5.78. The standard InChI is InChI=1S/C14H20F2N2O2/c1-11(12-5-3-2-4-6-12)17-14(20)10-18(7-8-19)9-13(15)16/h2-6,11,13,19H,7-10H2,1H3,(H,17,20). The Hall–Kier alpha value is -1.53. The first-order valence-electron chi connectivity index (χ1n) is 6.48. The van der Waals surface area contributed by atoms with Gasteiger partial charge in [0.2, 0.25) is 5.91 Å². The molecule has 0 aliphatic carbocycles. The van der Waals surface area contributed by atoms with E-state index in [0.29, 0.717) is 0 Å². The minimum atomic E-state index is -2.53. The lowest BCUT2D eigenvalue weighted by molar-refractivity contribution is -0.123. The molecule has 2 N–H and O–H groups in total. The summed E-state index contributed by atoms with van der Waals surface area (Å²) in [5.74, 6) is -0.338. The smallest absolute Gasteiger partial charge is 0.251 e. The van der Waals surface area contributed by atoms with E-state index < -0.39 is 13.0 Å². The molecule has 1 rings (SSSR count). The van der Waals surface area contributed by atoms with E-state index in [4.69, 9.17) is 5.11 Å². The largest absolute Gasteiger partial charge is 0.395 e. The van der Waals surface area contributed by atoms with Gasteiger partial charge in [-0.05, 0) is 12.5 Å². The van der Waals surface area contributed by atoms with Crippen LogP contribution in [0.5, 0.6) is 0 Å². The molecule has 0 saturated heterocycles. The van der Waals surface area contributed by atoms with E-state index >= 15 is 0 Å². The number of hydrogen-bond acceptors (Lipinski definition) is 3. The van der Waals surface area contributed by atoms with E-state index in [1.165, 1.54) is 4.90 Å². The molecule has 0 fully saturated rings. The van der Waals surface area contributed by atoms with Crippen LogP contribution in [-0.4, -0.2) is 48.6 Å². The highest BCUT2D eigenvalue weighted by Gasteiger charge is 2.16. The second kappa shape index (κ2) is 8.60. The van der Waals surface area contributed by atoms with Gasteiger partial charge in [-0.2, -0.15) is 0 Å². The first-order chi connectivity index (χ1) is 9.52. The highest BCUT2D eigenvalue weighted by atomic mass is 19.3. The molecule has 0 radical (unpaired) electrons. The topological polar surface area (TPSA) is 52.6 Å². The summed E-state index contributed by atoms with van der Waals surface area (Å²) < 4.78 is 24.7. The predicted molar refractivity (Wildman–Crippen MR) is 72.5 cm³/mol. The Bertz CT molecular complexity index is 401. The van der Waals surface area contributed by atoms with Gasteiger partial charge in [0.1, 0.15) is 0 Å². The second-order valence-electron chi connectivity index (χ2n) is 4.55. The highest BCUT2D eigenvalue weighted by Crippen LogP contribution is 2.10. The Labute approximate surface area is 117 Å². The van der Waals surface area contributed by atoms with Crippen molar-refractivity contribution < 1.29 is 18.7 Å². The quantitative estimate of drug-likeness (QED) is 0.760. The van der Waals surface area contributed by atoms with Gasteiger partial charge in [0, 0.05) is 6.54 Å². The zero-order valence-electron chi connectivity index (χ0n) is 11.4. The number of carbonyl (C=O) groups excluding carboxylic acids is 1. The van der Waals surface area contributed by atoms with Crippen molar-refractivity contribution >= 4 is 5.91 Å². The van der Waals surface area contributed by atoms with E-state index in [2.05, 4.69) is 5.32 Å². The van der Waals surface area contributed by atoms with Crippen LogP contribution in [0.1, 0.15) is 18.5 Å². The van der Waals surface area contributed by atoms with Crippen LogP contribution in [-0.2, 0) is 4.79 Å². The number of nitrogens with one attached hydrogen (secondary N) is 1. The molecule has 0 aliphatic heterocycles. The maximum atomic E-state index is 12.3. The fourth-order valence-electron chi connectivity index (χ4n) is 1.89. The third-order valence-electron chi connectivity index (χ3n) is 2.86. The predicted octanol–water partition coefficient (Wildman–Crippen LogP) is 1.42. The van der Waals surface area contributed by atoms with Gasteiger partial charge in [0.05, 0.1) is 25.7 Å². The van der Waals surface area contributed by atoms with E-state index in [9.17, 15) is 13.6 Å². The zero-order chi connectivity index (χ0) is 15.0. The lowest BCUT2D eigenvalue weighted by Crippen LogP contribution is -2.41. The summed E-state index contributed by atoms with van der Waals surface area (Å²) in [7, 11) is 0. The molecule has 0 spiro atoms. The molecule has 0 bridgehead atoms. The number of carbonyl (C=O) groups is 1. The molecule has 1 aromatic carbocycles. The monoisotopic (exact) mass is 286 g/mol. The van der Waals surface area contributed by atoms with Crippen molar-refractivity contribution in [3.05, 3.63) is 35.9 Å². The van der Waals surface area contributed by atoms with Crippen LogP contribution in [0.2, 0.25) is 0 Å². The second-order valence-corrected chi connectivity index (χ2v) is 4.55. The third kappa shape index (κ3) is 6.08. The molecule has 0 aromatic heterocycles. The van der Waals surface area contributed by atoms with Crippen molar-refractivity contribution in [1.29, 1.82) is 0 Å². The van der Waals surface area contributed by atoms with Gasteiger partial charge in [-0.15, -0.1) is 0 Å². The van der Waals surface area contributed by atoms with E-state index in [0.717, 1.165) is 5.56 Å². The van der Waals surface area contributed by atoms with Gasteiger partial charge in [-0.25, -0.2) is 8.78 Å². The normalized spacial score (nSPS) is 12.7. The fraction of sp³-hybridized carbons (Fsp3) is 0.500.